The number of ether oxygens (including phenoxy) is 1. The van der Waals surface area contributed by atoms with Crippen molar-refractivity contribution in [3.63, 3.8) is 0 Å². The van der Waals surface area contributed by atoms with Gasteiger partial charge in [-0.3, -0.25) is 0 Å². The number of hydrogen-bond acceptors (Lipinski definition) is 4. The third-order valence-electron chi connectivity index (χ3n) is 2.86. The van der Waals surface area contributed by atoms with E-state index >= 15 is 0 Å². The molecule has 0 saturated heterocycles. The topological polar surface area (TPSA) is 38.5 Å². The minimum absolute atomic E-state index is 0.710. The van der Waals surface area contributed by atoms with Gasteiger partial charge in [-0.15, -0.1) is 11.3 Å². The Morgan fingerprint density at radius 1 is 1.35 bits per heavy atom. The quantitative estimate of drug-likeness (QED) is 0.603. The summed E-state index contributed by atoms with van der Waals surface area (Å²) >= 11 is 5.26. The van der Waals surface area contributed by atoms with Crippen LogP contribution in [-0.2, 0) is 6.54 Å². The molecule has 1 aromatic heterocycles. The van der Waals surface area contributed by atoms with Crippen LogP contribution in [0.5, 0.6) is 5.75 Å². The largest absolute Gasteiger partial charge is 0.493 e. The second-order valence-corrected chi connectivity index (χ2v) is 6.65. The Morgan fingerprint density at radius 2 is 2.20 bits per heavy atom. The van der Waals surface area contributed by atoms with Gasteiger partial charge in [-0.25, -0.2) is 0 Å². The fraction of sp³-hybridized carbons (Fsp3) is 0.333. The molecular formula is C15H19BrN2OS. The highest BCUT2D eigenvalue weighted by molar-refractivity contribution is 9.10. The average Bonchev–Trinajstić information content (AvgIpc) is 2.80. The van der Waals surface area contributed by atoms with Crippen molar-refractivity contribution in [2.24, 2.45) is 0 Å². The fourth-order valence-corrected chi connectivity index (χ4v) is 3.44. The van der Waals surface area contributed by atoms with Gasteiger partial charge >= 0.3 is 0 Å². The van der Waals surface area contributed by atoms with E-state index in [1.807, 2.05) is 24.3 Å². The van der Waals surface area contributed by atoms with Crippen LogP contribution in [0.1, 0.15) is 11.3 Å². The van der Waals surface area contributed by atoms with Gasteiger partial charge in [-0.05, 0) is 47.6 Å². The first kappa shape index (κ1) is 15.4. The van der Waals surface area contributed by atoms with Gasteiger partial charge in [0.05, 0.1) is 6.61 Å². The molecule has 0 aliphatic rings. The van der Waals surface area contributed by atoms with Crippen molar-refractivity contribution in [2.45, 2.75) is 13.0 Å². The number of thiophene rings is 1. The highest BCUT2D eigenvalue weighted by Crippen LogP contribution is 2.20. The van der Waals surface area contributed by atoms with Gasteiger partial charge in [0.15, 0.2) is 0 Å². The molecular weight excluding hydrogens is 336 g/mol. The molecule has 5 heteroatoms. The molecule has 20 heavy (non-hydrogen) atoms. The molecule has 0 atom stereocenters. The molecule has 0 spiro atoms. The summed E-state index contributed by atoms with van der Waals surface area (Å²) in [7, 11) is 2.13. The van der Waals surface area contributed by atoms with Crippen molar-refractivity contribution < 1.29 is 4.74 Å². The number of nitrogens with two attached hydrogens (primary N) is 1. The molecule has 0 bridgehead atoms. The maximum absolute atomic E-state index is 5.71. The molecule has 0 radical (unpaired) electrons. The Morgan fingerprint density at radius 3 is 2.90 bits per heavy atom. The van der Waals surface area contributed by atoms with Crippen LogP contribution in [0.15, 0.2) is 40.2 Å². The van der Waals surface area contributed by atoms with Crippen molar-refractivity contribution in [3.8, 4) is 5.75 Å². The van der Waals surface area contributed by atoms with Gasteiger partial charge in [0.2, 0.25) is 0 Å². The number of anilines is 1. The number of benzene rings is 1. The fourth-order valence-electron chi connectivity index (χ4n) is 1.91. The van der Waals surface area contributed by atoms with E-state index in [4.69, 9.17) is 10.5 Å². The van der Waals surface area contributed by atoms with E-state index in [2.05, 4.69) is 39.3 Å². The Balaban J connectivity index is 1.65. The summed E-state index contributed by atoms with van der Waals surface area (Å²) < 4.78 is 6.84. The second-order valence-electron chi connectivity index (χ2n) is 4.74. The highest BCUT2D eigenvalue weighted by Gasteiger charge is 2.03. The van der Waals surface area contributed by atoms with Crippen LogP contribution >= 0.6 is 27.3 Å². The first-order chi connectivity index (χ1) is 9.63. The van der Waals surface area contributed by atoms with Crippen LogP contribution < -0.4 is 10.5 Å². The zero-order chi connectivity index (χ0) is 14.4. The van der Waals surface area contributed by atoms with Crippen LogP contribution in [0.2, 0.25) is 0 Å². The summed E-state index contributed by atoms with van der Waals surface area (Å²) in [5.74, 6) is 0.842. The summed E-state index contributed by atoms with van der Waals surface area (Å²) in [5.41, 5.74) is 6.45. The maximum atomic E-state index is 5.71. The van der Waals surface area contributed by atoms with E-state index in [1.54, 1.807) is 11.3 Å². The standard InChI is InChI=1S/C15H19BrN2OS/c1-18(10-15-8-12(16)11-20-15)6-3-7-19-14-5-2-4-13(17)9-14/h2,4-5,8-9,11H,3,6-7,10,17H2,1H3. The molecule has 0 saturated carbocycles. The van der Waals surface area contributed by atoms with Crippen molar-refractivity contribution in [1.82, 2.24) is 4.90 Å². The third-order valence-corrected chi connectivity index (χ3v) is 4.54. The van der Waals surface area contributed by atoms with Gasteiger partial charge < -0.3 is 15.4 Å². The Labute approximate surface area is 132 Å². The SMILES string of the molecule is CN(CCCOc1cccc(N)c1)Cc1cc(Br)cs1. The zero-order valence-corrected chi connectivity index (χ0v) is 13.9. The number of nitrogen functional groups attached to an aromatic ring is 1. The van der Waals surface area contributed by atoms with Gasteiger partial charge in [0, 0.05) is 39.6 Å². The molecule has 0 aliphatic carbocycles. The Kier molecular flexibility index (Phi) is 5.88. The monoisotopic (exact) mass is 354 g/mol. The van der Waals surface area contributed by atoms with Crippen molar-refractivity contribution in [1.29, 1.82) is 0 Å². The molecule has 0 fully saturated rings. The number of rotatable bonds is 7. The van der Waals surface area contributed by atoms with Crippen LogP contribution in [0.3, 0.4) is 0 Å². The number of halogens is 1. The molecule has 0 aliphatic heterocycles. The molecule has 1 aromatic carbocycles. The van der Waals surface area contributed by atoms with E-state index in [1.165, 1.54) is 4.88 Å². The lowest BCUT2D eigenvalue weighted by molar-refractivity contribution is 0.260. The minimum Gasteiger partial charge on any atom is -0.493 e. The van der Waals surface area contributed by atoms with E-state index in [0.717, 1.165) is 35.4 Å². The van der Waals surface area contributed by atoms with Gasteiger partial charge in [-0.2, -0.15) is 0 Å². The lowest BCUT2D eigenvalue weighted by atomic mass is 10.3. The maximum Gasteiger partial charge on any atom is 0.121 e. The van der Waals surface area contributed by atoms with Crippen molar-refractivity contribution in [2.75, 3.05) is 25.9 Å². The van der Waals surface area contributed by atoms with Gasteiger partial charge in [0.1, 0.15) is 5.75 Å². The first-order valence-electron chi connectivity index (χ1n) is 6.53. The van der Waals surface area contributed by atoms with E-state index in [0.29, 0.717) is 6.61 Å². The molecule has 2 aromatic rings. The van der Waals surface area contributed by atoms with Crippen molar-refractivity contribution >= 4 is 33.0 Å². The van der Waals surface area contributed by atoms with Gasteiger partial charge in [-0.1, -0.05) is 6.07 Å². The van der Waals surface area contributed by atoms with Crippen LogP contribution in [-0.4, -0.2) is 25.1 Å². The molecule has 1 heterocycles. The predicted octanol–water partition coefficient (Wildman–Crippen LogP) is 3.99. The Hall–Kier alpha value is -1.04. The summed E-state index contributed by atoms with van der Waals surface area (Å²) in [4.78, 5) is 3.68. The number of nitrogens with zero attached hydrogens (tertiary/aromatic N) is 1. The zero-order valence-electron chi connectivity index (χ0n) is 11.5. The summed E-state index contributed by atoms with van der Waals surface area (Å²) in [6.07, 6.45) is 0.998. The summed E-state index contributed by atoms with van der Waals surface area (Å²) in [6, 6.07) is 9.73. The van der Waals surface area contributed by atoms with Crippen molar-refractivity contribution in [3.05, 3.63) is 45.1 Å². The summed E-state index contributed by atoms with van der Waals surface area (Å²) in [5, 5.41) is 2.12. The molecule has 0 unspecified atom stereocenters. The smallest absolute Gasteiger partial charge is 0.121 e. The second kappa shape index (κ2) is 7.67. The van der Waals surface area contributed by atoms with Crippen LogP contribution in [0.25, 0.3) is 0 Å². The molecule has 2 N–H and O–H groups in total. The molecule has 108 valence electrons. The molecule has 0 amide bonds. The van der Waals surface area contributed by atoms with Gasteiger partial charge in [0.25, 0.3) is 0 Å². The predicted molar refractivity (Wildman–Crippen MR) is 89.3 cm³/mol. The van der Waals surface area contributed by atoms with E-state index in [-0.39, 0.29) is 0 Å². The van der Waals surface area contributed by atoms with Crippen LogP contribution in [0.4, 0.5) is 5.69 Å². The lowest BCUT2D eigenvalue weighted by Gasteiger charge is -2.15. The highest BCUT2D eigenvalue weighted by atomic mass is 79.9. The van der Waals surface area contributed by atoms with E-state index < -0.39 is 0 Å². The lowest BCUT2D eigenvalue weighted by Crippen LogP contribution is -2.20. The normalized spacial score (nSPS) is 10.9. The molecule has 3 nitrogen and oxygen atoms in total. The average molecular weight is 355 g/mol. The minimum atomic E-state index is 0.710. The third kappa shape index (κ3) is 5.15. The van der Waals surface area contributed by atoms with Crippen LogP contribution in [0, 0.1) is 0 Å². The Bertz CT molecular complexity index is 544. The van der Waals surface area contributed by atoms with E-state index in [9.17, 15) is 0 Å². The first-order valence-corrected chi connectivity index (χ1v) is 8.20. The molecule has 2 rings (SSSR count). The number of hydrogen-bond donors (Lipinski definition) is 1. The summed E-state index contributed by atoms with van der Waals surface area (Å²) in [6.45, 7) is 2.70.